The third kappa shape index (κ3) is 3.80. The minimum absolute atomic E-state index is 0.103. The molecular weight excluding hydrogens is 290 g/mol. The first-order valence-electron chi connectivity index (χ1n) is 6.40. The van der Waals surface area contributed by atoms with Crippen LogP contribution in [0.2, 0.25) is 0 Å². The first kappa shape index (κ1) is 15.0. The maximum absolute atomic E-state index is 11.9. The van der Waals surface area contributed by atoms with Gasteiger partial charge in [0, 0.05) is 11.8 Å². The Labute approximate surface area is 127 Å². The topological polar surface area (TPSA) is 57.8 Å². The van der Waals surface area contributed by atoms with E-state index in [-0.39, 0.29) is 5.56 Å². The molecule has 0 saturated carbocycles. The molecule has 0 atom stereocenters. The summed E-state index contributed by atoms with van der Waals surface area (Å²) in [6, 6.07) is 5.69. The lowest BCUT2D eigenvalue weighted by Crippen LogP contribution is -2.19. The standard InChI is InChI=1S/C14H17N3OS2/c1-8(2)20-14(19)15-7-10-4-5-12-11(6-10)13(18)17-9(3)16-12/h4-6,8H,7H2,1-3H3,(H,15,19)(H,16,17,18). The minimum atomic E-state index is -0.103. The molecule has 0 unspecified atom stereocenters. The van der Waals surface area contributed by atoms with Gasteiger partial charge in [-0.3, -0.25) is 4.79 Å². The number of nitrogens with one attached hydrogen (secondary N) is 2. The van der Waals surface area contributed by atoms with Crippen molar-refractivity contribution in [2.24, 2.45) is 0 Å². The lowest BCUT2D eigenvalue weighted by atomic mass is 10.1. The normalized spacial score (nSPS) is 11.0. The predicted octanol–water partition coefficient (Wildman–Crippen LogP) is 2.75. The van der Waals surface area contributed by atoms with E-state index in [0.29, 0.717) is 28.5 Å². The van der Waals surface area contributed by atoms with E-state index in [0.717, 1.165) is 9.88 Å². The smallest absolute Gasteiger partial charge is 0.258 e. The van der Waals surface area contributed by atoms with E-state index in [4.69, 9.17) is 12.2 Å². The number of rotatable bonds is 3. The molecule has 2 N–H and O–H groups in total. The van der Waals surface area contributed by atoms with Crippen molar-refractivity contribution in [1.82, 2.24) is 15.3 Å². The van der Waals surface area contributed by atoms with Gasteiger partial charge in [0.1, 0.15) is 10.1 Å². The van der Waals surface area contributed by atoms with Crippen LogP contribution in [-0.4, -0.2) is 19.5 Å². The Hall–Kier alpha value is -1.40. The second-order valence-corrected chi connectivity index (χ2v) is 7.06. The van der Waals surface area contributed by atoms with Gasteiger partial charge in [0.2, 0.25) is 0 Å². The molecule has 1 aromatic heterocycles. The molecular formula is C14H17N3OS2. The van der Waals surface area contributed by atoms with E-state index in [2.05, 4.69) is 29.1 Å². The van der Waals surface area contributed by atoms with Gasteiger partial charge in [-0.2, -0.15) is 0 Å². The van der Waals surface area contributed by atoms with Gasteiger partial charge in [-0.25, -0.2) is 4.98 Å². The maximum Gasteiger partial charge on any atom is 0.258 e. The highest BCUT2D eigenvalue weighted by Crippen LogP contribution is 2.13. The largest absolute Gasteiger partial charge is 0.367 e. The summed E-state index contributed by atoms with van der Waals surface area (Å²) in [6.07, 6.45) is 0. The molecule has 0 saturated heterocycles. The summed E-state index contributed by atoms with van der Waals surface area (Å²) in [6.45, 7) is 6.59. The van der Waals surface area contributed by atoms with Crippen LogP contribution < -0.4 is 10.9 Å². The van der Waals surface area contributed by atoms with Crippen molar-refractivity contribution in [1.29, 1.82) is 0 Å². The van der Waals surface area contributed by atoms with E-state index in [1.807, 2.05) is 18.2 Å². The fraction of sp³-hybridized carbons (Fsp3) is 0.357. The van der Waals surface area contributed by atoms with Crippen LogP contribution in [0.3, 0.4) is 0 Å². The fourth-order valence-electron chi connectivity index (χ4n) is 1.84. The number of thioether (sulfide) groups is 1. The number of thiocarbonyl (C=S) groups is 1. The highest BCUT2D eigenvalue weighted by Gasteiger charge is 2.05. The van der Waals surface area contributed by atoms with Gasteiger partial charge < -0.3 is 10.3 Å². The number of aromatic nitrogens is 2. The Morgan fingerprint density at radius 3 is 2.95 bits per heavy atom. The highest BCUT2D eigenvalue weighted by atomic mass is 32.2. The molecule has 1 aromatic carbocycles. The Kier molecular flexibility index (Phi) is 4.77. The lowest BCUT2D eigenvalue weighted by molar-refractivity contribution is 0.939. The molecule has 0 aliphatic carbocycles. The molecule has 4 nitrogen and oxygen atoms in total. The summed E-state index contributed by atoms with van der Waals surface area (Å²) < 4.78 is 0.774. The van der Waals surface area contributed by atoms with Crippen LogP contribution in [0.15, 0.2) is 23.0 Å². The van der Waals surface area contributed by atoms with Crippen LogP contribution in [0.5, 0.6) is 0 Å². The maximum atomic E-state index is 11.9. The van der Waals surface area contributed by atoms with Crippen LogP contribution in [0.25, 0.3) is 10.9 Å². The van der Waals surface area contributed by atoms with E-state index < -0.39 is 0 Å². The molecule has 0 spiro atoms. The molecule has 20 heavy (non-hydrogen) atoms. The summed E-state index contributed by atoms with van der Waals surface area (Å²) in [7, 11) is 0. The number of H-pyrrole nitrogens is 1. The molecule has 0 aliphatic rings. The first-order valence-corrected chi connectivity index (χ1v) is 7.68. The molecule has 106 valence electrons. The summed E-state index contributed by atoms with van der Waals surface area (Å²) in [4.78, 5) is 18.9. The summed E-state index contributed by atoms with van der Waals surface area (Å²) in [5.41, 5.74) is 1.63. The quantitative estimate of drug-likeness (QED) is 0.854. The van der Waals surface area contributed by atoms with Gasteiger partial charge in [-0.15, -0.1) is 0 Å². The van der Waals surface area contributed by atoms with Crippen LogP contribution in [0.1, 0.15) is 25.2 Å². The number of fused-ring (bicyclic) bond motifs is 1. The van der Waals surface area contributed by atoms with E-state index >= 15 is 0 Å². The second-order valence-electron chi connectivity index (χ2n) is 4.81. The van der Waals surface area contributed by atoms with Crippen molar-refractivity contribution in [3.05, 3.63) is 39.9 Å². The number of nitrogens with zero attached hydrogens (tertiary/aromatic N) is 1. The fourth-order valence-corrected chi connectivity index (χ4v) is 3.08. The summed E-state index contributed by atoms with van der Waals surface area (Å²) >= 11 is 6.86. The molecule has 2 aromatic rings. The monoisotopic (exact) mass is 307 g/mol. The highest BCUT2D eigenvalue weighted by molar-refractivity contribution is 8.23. The van der Waals surface area contributed by atoms with Crippen LogP contribution in [0, 0.1) is 6.92 Å². The Morgan fingerprint density at radius 2 is 2.25 bits per heavy atom. The van der Waals surface area contributed by atoms with Crippen molar-refractivity contribution >= 4 is 39.2 Å². The SMILES string of the molecule is Cc1nc2ccc(CNC(=S)SC(C)C)cc2c(=O)[nH]1. The zero-order chi connectivity index (χ0) is 14.7. The van der Waals surface area contributed by atoms with Crippen molar-refractivity contribution in [3.63, 3.8) is 0 Å². The summed E-state index contributed by atoms with van der Waals surface area (Å²) in [5, 5.41) is 4.26. The second kappa shape index (κ2) is 6.37. The molecule has 1 heterocycles. The molecule has 0 amide bonds. The zero-order valence-corrected chi connectivity index (χ0v) is 13.3. The van der Waals surface area contributed by atoms with Gasteiger partial charge >= 0.3 is 0 Å². The van der Waals surface area contributed by atoms with Crippen molar-refractivity contribution < 1.29 is 0 Å². The third-order valence-corrected chi connectivity index (χ3v) is 3.93. The Balaban J connectivity index is 2.16. The van der Waals surface area contributed by atoms with Crippen molar-refractivity contribution in [2.75, 3.05) is 0 Å². The number of aromatic amines is 1. The average Bonchev–Trinajstić information content (AvgIpc) is 2.35. The number of hydrogen-bond donors (Lipinski definition) is 2. The first-order chi connectivity index (χ1) is 9.45. The lowest BCUT2D eigenvalue weighted by Gasteiger charge is -2.10. The summed E-state index contributed by atoms with van der Waals surface area (Å²) in [5.74, 6) is 0.628. The molecule has 2 rings (SSSR count). The van der Waals surface area contributed by atoms with Gasteiger partial charge in [-0.05, 0) is 24.6 Å². The van der Waals surface area contributed by atoms with E-state index in [1.54, 1.807) is 18.7 Å². The molecule has 0 aliphatic heterocycles. The third-order valence-electron chi connectivity index (χ3n) is 2.67. The Morgan fingerprint density at radius 1 is 1.50 bits per heavy atom. The van der Waals surface area contributed by atoms with Gasteiger partial charge in [-0.1, -0.05) is 43.9 Å². The molecule has 0 radical (unpaired) electrons. The van der Waals surface area contributed by atoms with E-state index in [1.165, 1.54) is 0 Å². The molecule has 0 fully saturated rings. The zero-order valence-electron chi connectivity index (χ0n) is 11.7. The molecule has 0 bridgehead atoms. The van der Waals surface area contributed by atoms with Gasteiger partial charge in [0.05, 0.1) is 10.9 Å². The minimum Gasteiger partial charge on any atom is -0.367 e. The van der Waals surface area contributed by atoms with Crippen molar-refractivity contribution in [3.8, 4) is 0 Å². The van der Waals surface area contributed by atoms with Crippen LogP contribution in [0.4, 0.5) is 0 Å². The van der Waals surface area contributed by atoms with Crippen LogP contribution >= 0.6 is 24.0 Å². The van der Waals surface area contributed by atoms with Gasteiger partial charge in [0.25, 0.3) is 5.56 Å². The predicted molar refractivity (Wildman–Crippen MR) is 89.3 cm³/mol. The number of aryl methyl sites for hydroxylation is 1. The number of benzene rings is 1. The van der Waals surface area contributed by atoms with Crippen LogP contribution in [-0.2, 0) is 6.54 Å². The van der Waals surface area contributed by atoms with Crippen molar-refractivity contribution in [2.45, 2.75) is 32.6 Å². The average molecular weight is 307 g/mol. The molecule has 6 heteroatoms. The Bertz CT molecular complexity index is 694. The van der Waals surface area contributed by atoms with E-state index in [9.17, 15) is 4.79 Å². The van der Waals surface area contributed by atoms with Gasteiger partial charge in [0.15, 0.2) is 0 Å². The number of hydrogen-bond acceptors (Lipinski definition) is 4.